The van der Waals surface area contributed by atoms with Gasteiger partial charge in [-0.3, -0.25) is 14.9 Å². The lowest BCUT2D eigenvalue weighted by Crippen LogP contribution is -2.48. The van der Waals surface area contributed by atoms with Gasteiger partial charge in [-0.1, -0.05) is 16.8 Å². The number of amides is 1. The predicted octanol–water partition coefficient (Wildman–Crippen LogP) is 3.13. The third kappa shape index (κ3) is 4.66. The molecule has 0 N–H and O–H groups in total. The molecule has 12 heteroatoms. The second kappa shape index (κ2) is 9.47. The molecule has 1 aliphatic rings. The number of hydrogen-bond acceptors (Lipinski definition) is 8. The molecule has 0 spiro atoms. The highest BCUT2D eigenvalue weighted by molar-refractivity contribution is 6.30. The molecule has 5 rings (SSSR count). The third-order valence-electron chi connectivity index (χ3n) is 5.70. The van der Waals surface area contributed by atoms with Crippen molar-refractivity contribution in [3.8, 4) is 5.69 Å². The van der Waals surface area contributed by atoms with Crippen molar-refractivity contribution in [2.75, 3.05) is 31.1 Å². The number of anilines is 1. The van der Waals surface area contributed by atoms with E-state index in [0.717, 1.165) is 11.3 Å². The Balaban J connectivity index is 1.26. The Labute approximate surface area is 204 Å². The Morgan fingerprint density at radius 1 is 1.00 bits per heavy atom. The predicted molar refractivity (Wildman–Crippen MR) is 130 cm³/mol. The zero-order valence-electron chi connectivity index (χ0n) is 18.4. The maximum Gasteiger partial charge on any atom is 0.269 e. The van der Waals surface area contributed by atoms with Gasteiger partial charge in [0.15, 0.2) is 17.0 Å². The van der Waals surface area contributed by atoms with Crippen LogP contribution in [0.2, 0.25) is 5.02 Å². The number of hydrogen-bond donors (Lipinski definition) is 0. The Morgan fingerprint density at radius 3 is 2.40 bits per heavy atom. The highest BCUT2D eigenvalue weighted by Gasteiger charge is 2.24. The van der Waals surface area contributed by atoms with Crippen LogP contribution in [0.1, 0.15) is 5.56 Å². The van der Waals surface area contributed by atoms with E-state index in [4.69, 9.17) is 11.6 Å². The van der Waals surface area contributed by atoms with E-state index in [1.54, 1.807) is 39.9 Å². The van der Waals surface area contributed by atoms with Crippen LogP contribution >= 0.6 is 11.6 Å². The second-order valence-corrected chi connectivity index (χ2v) is 8.28. The SMILES string of the molecule is O=C(C=Cc1ccc([N+](=O)[O-])cc1)N1CCN(c2ncnc3c2nnn3-c2ccc(Cl)cc2)CC1. The van der Waals surface area contributed by atoms with Crippen LogP contribution in [0.4, 0.5) is 11.5 Å². The molecule has 3 heterocycles. The number of carbonyl (C=O) groups excluding carboxylic acids is 1. The molecule has 2 aromatic heterocycles. The summed E-state index contributed by atoms with van der Waals surface area (Å²) in [7, 11) is 0. The van der Waals surface area contributed by atoms with Gasteiger partial charge in [0.1, 0.15) is 6.33 Å². The van der Waals surface area contributed by atoms with E-state index in [1.807, 2.05) is 12.1 Å². The highest BCUT2D eigenvalue weighted by atomic mass is 35.5. The molecular formula is C23H19ClN8O3. The molecule has 0 atom stereocenters. The van der Waals surface area contributed by atoms with E-state index in [9.17, 15) is 14.9 Å². The average molecular weight is 491 g/mol. The molecule has 2 aromatic carbocycles. The standard InChI is InChI=1S/C23H19ClN8O3/c24-17-4-8-18(9-5-17)31-23-21(27-28-31)22(25-15-26-23)30-13-11-29(12-14-30)20(33)10-3-16-1-6-19(7-2-16)32(34)35/h1-10,15H,11-14H2. The van der Waals surface area contributed by atoms with Crippen molar-refractivity contribution in [2.45, 2.75) is 0 Å². The van der Waals surface area contributed by atoms with Crippen molar-refractivity contribution >= 4 is 46.3 Å². The van der Waals surface area contributed by atoms with Crippen LogP contribution in [0, 0.1) is 10.1 Å². The van der Waals surface area contributed by atoms with Crippen LogP contribution in [-0.4, -0.2) is 66.9 Å². The van der Waals surface area contributed by atoms with E-state index >= 15 is 0 Å². The summed E-state index contributed by atoms with van der Waals surface area (Å²) >= 11 is 5.99. The largest absolute Gasteiger partial charge is 0.351 e. The van der Waals surface area contributed by atoms with Gasteiger partial charge < -0.3 is 9.80 Å². The molecule has 1 saturated heterocycles. The van der Waals surface area contributed by atoms with Gasteiger partial charge in [0.25, 0.3) is 5.69 Å². The molecule has 11 nitrogen and oxygen atoms in total. The summed E-state index contributed by atoms with van der Waals surface area (Å²) in [5.74, 6) is 0.549. The average Bonchev–Trinajstić information content (AvgIpc) is 3.32. The van der Waals surface area contributed by atoms with Crippen molar-refractivity contribution in [1.82, 2.24) is 29.9 Å². The van der Waals surface area contributed by atoms with Crippen molar-refractivity contribution in [3.05, 3.63) is 81.6 Å². The zero-order valence-corrected chi connectivity index (χ0v) is 19.1. The number of benzene rings is 2. The maximum atomic E-state index is 12.6. The lowest BCUT2D eigenvalue weighted by atomic mass is 10.2. The van der Waals surface area contributed by atoms with Gasteiger partial charge in [-0.25, -0.2) is 9.97 Å². The van der Waals surface area contributed by atoms with Gasteiger partial charge >= 0.3 is 0 Å². The maximum absolute atomic E-state index is 12.6. The lowest BCUT2D eigenvalue weighted by molar-refractivity contribution is -0.384. The van der Waals surface area contributed by atoms with Crippen LogP contribution in [0.3, 0.4) is 0 Å². The molecule has 1 aliphatic heterocycles. The van der Waals surface area contributed by atoms with Gasteiger partial charge in [-0.15, -0.1) is 5.10 Å². The third-order valence-corrected chi connectivity index (χ3v) is 5.95. The Morgan fingerprint density at radius 2 is 1.71 bits per heavy atom. The van der Waals surface area contributed by atoms with Crippen LogP contribution in [0.25, 0.3) is 22.9 Å². The summed E-state index contributed by atoms with van der Waals surface area (Å²) in [6.45, 7) is 2.19. The summed E-state index contributed by atoms with van der Waals surface area (Å²) in [6, 6.07) is 13.3. The van der Waals surface area contributed by atoms with Gasteiger partial charge in [-0.2, -0.15) is 4.68 Å². The smallest absolute Gasteiger partial charge is 0.269 e. The molecule has 0 radical (unpaired) electrons. The first-order valence-electron chi connectivity index (χ1n) is 10.8. The van der Waals surface area contributed by atoms with Crippen LogP contribution < -0.4 is 4.90 Å². The van der Waals surface area contributed by atoms with Crippen LogP contribution in [0.15, 0.2) is 60.9 Å². The molecule has 0 bridgehead atoms. The first-order valence-corrected chi connectivity index (χ1v) is 11.2. The Hall–Kier alpha value is -4.38. The molecule has 1 amide bonds. The number of nitrogens with zero attached hydrogens (tertiary/aromatic N) is 8. The van der Waals surface area contributed by atoms with E-state index in [0.29, 0.717) is 48.2 Å². The number of halogens is 1. The van der Waals surface area contributed by atoms with E-state index in [-0.39, 0.29) is 11.6 Å². The first-order chi connectivity index (χ1) is 17.0. The Kier molecular flexibility index (Phi) is 6.06. The Bertz CT molecular complexity index is 1410. The van der Waals surface area contributed by atoms with Crippen molar-refractivity contribution in [3.63, 3.8) is 0 Å². The monoisotopic (exact) mass is 490 g/mol. The van der Waals surface area contributed by atoms with Gasteiger partial charge in [0.2, 0.25) is 5.91 Å². The fourth-order valence-corrected chi connectivity index (χ4v) is 3.97. The minimum atomic E-state index is -0.457. The van der Waals surface area contributed by atoms with Crippen molar-refractivity contribution < 1.29 is 9.72 Å². The number of fused-ring (bicyclic) bond motifs is 1. The first kappa shape index (κ1) is 22.4. The molecule has 4 aromatic rings. The molecule has 35 heavy (non-hydrogen) atoms. The van der Waals surface area contributed by atoms with E-state index in [1.165, 1.54) is 24.5 Å². The normalized spacial score (nSPS) is 14.1. The molecule has 1 fully saturated rings. The fourth-order valence-electron chi connectivity index (χ4n) is 3.84. The topological polar surface area (TPSA) is 123 Å². The zero-order chi connectivity index (χ0) is 24.4. The highest BCUT2D eigenvalue weighted by Crippen LogP contribution is 2.24. The van der Waals surface area contributed by atoms with Gasteiger partial charge in [0.05, 0.1) is 10.6 Å². The minimum Gasteiger partial charge on any atom is -0.351 e. The molecule has 0 unspecified atom stereocenters. The number of carbonyl (C=O) groups is 1. The number of nitro groups is 1. The van der Waals surface area contributed by atoms with Crippen LogP contribution in [0.5, 0.6) is 0 Å². The molecular weight excluding hydrogens is 472 g/mol. The minimum absolute atomic E-state index is 0.0108. The lowest BCUT2D eigenvalue weighted by Gasteiger charge is -2.34. The second-order valence-electron chi connectivity index (χ2n) is 7.84. The number of non-ortho nitro benzene ring substituents is 1. The summed E-state index contributed by atoms with van der Waals surface area (Å²) in [6.07, 6.45) is 4.62. The van der Waals surface area contributed by atoms with E-state index < -0.39 is 4.92 Å². The molecule has 0 aliphatic carbocycles. The number of nitro benzene ring substituents is 1. The molecule has 0 saturated carbocycles. The summed E-state index contributed by atoms with van der Waals surface area (Å²) in [5.41, 5.74) is 2.69. The number of aromatic nitrogens is 5. The van der Waals surface area contributed by atoms with Crippen LogP contribution in [-0.2, 0) is 4.79 Å². The summed E-state index contributed by atoms with van der Waals surface area (Å²) < 4.78 is 1.64. The summed E-state index contributed by atoms with van der Waals surface area (Å²) in [4.78, 5) is 35.6. The molecule has 176 valence electrons. The van der Waals surface area contributed by atoms with Crippen molar-refractivity contribution in [2.24, 2.45) is 0 Å². The van der Waals surface area contributed by atoms with E-state index in [2.05, 4.69) is 25.2 Å². The number of rotatable bonds is 5. The van der Waals surface area contributed by atoms with Crippen molar-refractivity contribution in [1.29, 1.82) is 0 Å². The van der Waals surface area contributed by atoms with Gasteiger partial charge in [0, 0.05) is 49.4 Å². The quantitative estimate of drug-likeness (QED) is 0.237. The fraction of sp³-hybridized carbons (Fsp3) is 0.174. The number of piperazine rings is 1. The van der Waals surface area contributed by atoms with Gasteiger partial charge in [-0.05, 0) is 48.0 Å². The summed E-state index contributed by atoms with van der Waals surface area (Å²) in [5, 5.41) is 19.9.